The second-order valence-corrected chi connectivity index (χ2v) is 6.48. The lowest BCUT2D eigenvalue weighted by Crippen LogP contribution is -2.33. The van der Waals surface area contributed by atoms with E-state index in [9.17, 15) is 10.1 Å². The molecule has 0 aliphatic carbocycles. The van der Waals surface area contributed by atoms with E-state index < -0.39 is 18.2 Å². The van der Waals surface area contributed by atoms with Crippen LogP contribution in [0.4, 0.5) is 0 Å². The highest BCUT2D eigenvalue weighted by molar-refractivity contribution is 5.70. The number of ether oxygens (including phenoxy) is 2. The zero-order valence-corrected chi connectivity index (χ0v) is 14.1. The number of benzene rings is 1. The van der Waals surface area contributed by atoms with Crippen LogP contribution in [0.15, 0.2) is 30.3 Å². The van der Waals surface area contributed by atoms with E-state index in [1.54, 1.807) is 0 Å². The fourth-order valence-corrected chi connectivity index (χ4v) is 2.93. The normalized spacial score (nSPS) is 15.1. The predicted molar refractivity (Wildman–Crippen MR) is 90.1 cm³/mol. The second kappa shape index (κ2) is 6.54. The Morgan fingerprint density at radius 3 is 2.72 bits per heavy atom. The number of nitrogens with zero attached hydrogens (tertiary/aromatic N) is 2. The molecule has 0 radical (unpaired) electrons. The van der Waals surface area contributed by atoms with Gasteiger partial charge in [-0.3, -0.25) is 0 Å². The summed E-state index contributed by atoms with van der Waals surface area (Å²) in [7, 11) is 0. The van der Waals surface area contributed by atoms with Gasteiger partial charge in [-0.25, -0.2) is 9.78 Å². The molecule has 0 fully saturated rings. The van der Waals surface area contributed by atoms with Crippen LogP contribution in [-0.2, 0) is 22.6 Å². The average molecular weight is 338 g/mol. The largest absolute Gasteiger partial charge is 0.479 e. The Kier molecular flexibility index (Phi) is 4.43. The SMILES string of the molecule is CC1(C)Cc2c(C#N)c(OCC(=O)O)nc(-c3ccccc3)c2CO1. The first kappa shape index (κ1) is 16.9. The van der Waals surface area contributed by atoms with Crippen molar-refractivity contribution in [2.75, 3.05) is 6.61 Å². The van der Waals surface area contributed by atoms with E-state index in [0.29, 0.717) is 18.7 Å². The minimum absolute atomic E-state index is 0.0557. The molecule has 1 aliphatic rings. The van der Waals surface area contributed by atoms with E-state index in [1.165, 1.54) is 0 Å². The van der Waals surface area contributed by atoms with Gasteiger partial charge in [0.15, 0.2) is 6.61 Å². The lowest BCUT2D eigenvalue weighted by molar-refractivity contribution is -0.139. The number of aliphatic carboxylic acids is 1. The molecule has 25 heavy (non-hydrogen) atoms. The molecule has 2 heterocycles. The number of nitriles is 1. The standard InChI is InChI=1S/C19H18N2O4/c1-19(2)8-13-14(9-20)18(24-11-16(22)23)21-17(15(13)10-25-19)12-6-4-3-5-7-12/h3-7H,8,10-11H2,1-2H3,(H,22,23). The zero-order chi connectivity index (χ0) is 18.0. The van der Waals surface area contributed by atoms with Crippen molar-refractivity contribution in [3.8, 4) is 23.2 Å². The van der Waals surface area contributed by atoms with Crippen LogP contribution in [0, 0.1) is 11.3 Å². The van der Waals surface area contributed by atoms with Gasteiger partial charge < -0.3 is 14.6 Å². The molecule has 1 aromatic heterocycles. The minimum Gasteiger partial charge on any atom is -0.479 e. The molecule has 6 heteroatoms. The van der Waals surface area contributed by atoms with Gasteiger partial charge in [-0.15, -0.1) is 0 Å². The van der Waals surface area contributed by atoms with Gasteiger partial charge >= 0.3 is 5.97 Å². The van der Waals surface area contributed by atoms with E-state index in [2.05, 4.69) is 11.1 Å². The molecule has 0 atom stereocenters. The van der Waals surface area contributed by atoms with Crippen LogP contribution < -0.4 is 4.74 Å². The first-order valence-electron chi connectivity index (χ1n) is 7.91. The van der Waals surface area contributed by atoms with Crippen LogP contribution in [0.3, 0.4) is 0 Å². The van der Waals surface area contributed by atoms with E-state index in [0.717, 1.165) is 16.7 Å². The Bertz CT molecular complexity index is 854. The molecule has 1 aromatic carbocycles. The molecular weight excluding hydrogens is 320 g/mol. The van der Waals surface area contributed by atoms with Crippen LogP contribution >= 0.6 is 0 Å². The number of carboxylic acid groups (broad SMARTS) is 1. The minimum atomic E-state index is -1.12. The van der Waals surface area contributed by atoms with Gasteiger partial charge in [0.2, 0.25) is 5.88 Å². The highest BCUT2D eigenvalue weighted by Crippen LogP contribution is 2.38. The smallest absolute Gasteiger partial charge is 0.341 e. The quantitative estimate of drug-likeness (QED) is 0.921. The Balaban J connectivity index is 2.20. The molecule has 128 valence electrons. The Hall–Kier alpha value is -2.91. The maximum absolute atomic E-state index is 10.9. The van der Waals surface area contributed by atoms with E-state index in [4.69, 9.17) is 14.6 Å². The average Bonchev–Trinajstić information content (AvgIpc) is 2.58. The van der Waals surface area contributed by atoms with Crippen molar-refractivity contribution in [1.29, 1.82) is 5.26 Å². The Morgan fingerprint density at radius 2 is 2.08 bits per heavy atom. The summed E-state index contributed by atoms with van der Waals surface area (Å²) in [5, 5.41) is 18.5. The predicted octanol–water partition coefficient (Wildman–Crippen LogP) is 2.93. The summed E-state index contributed by atoms with van der Waals surface area (Å²) < 4.78 is 11.2. The van der Waals surface area contributed by atoms with Crippen LogP contribution in [0.25, 0.3) is 11.3 Å². The number of carboxylic acids is 1. The summed E-state index contributed by atoms with van der Waals surface area (Å²) in [4.78, 5) is 15.3. The number of hydrogen-bond donors (Lipinski definition) is 1. The van der Waals surface area contributed by atoms with Crippen molar-refractivity contribution in [3.05, 3.63) is 47.0 Å². The van der Waals surface area contributed by atoms with Crippen LogP contribution in [-0.4, -0.2) is 28.3 Å². The maximum Gasteiger partial charge on any atom is 0.341 e. The number of aromatic nitrogens is 1. The van der Waals surface area contributed by atoms with Crippen molar-refractivity contribution in [3.63, 3.8) is 0 Å². The van der Waals surface area contributed by atoms with Gasteiger partial charge in [0.25, 0.3) is 0 Å². The summed E-state index contributed by atoms with van der Waals surface area (Å²) in [6, 6.07) is 11.6. The highest BCUT2D eigenvalue weighted by Gasteiger charge is 2.32. The molecule has 0 amide bonds. The molecular formula is C19H18N2O4. The molecule has 1 N–H and O–H groups in total. The topological polar surface area (TPSA) is 92.4 Å². The van der Waals surface area contributed by atoms with Gasteiger partial charge in [0, 0.05) is 17.5 Å². The molecule has 6 nitrogen and oxygen atoms in total. The molecule has 2 aromatic rings. The van der Waals surface area contributed by atoms with E-state index >= 15 is 0 Å². The first-order chi connectivity index (χ1) is 11.9. The molecule has 0 bridgehead atoms. The van der Waals surface area contributed by atoms with Crippen LogP contribution in [0.5, 0.6) is 5.88 Å². The fraction of sp³-hybridized carbons (Fsp3) is 0.316. The molecule has 0 unspecified atom stereocenters. The summed E-state index contributed by atoms with van der Waals surface area (Å²) >= 11 is 0. The Morgan fingerprint density at radius 1 is 1.36 bits per heavy atom. The van der Waals surface area contributed by atoms with Gasteiger partial charge in [-0.1, -0.05) is 30.3 Å². The number of pyridine rings is 1. The summed E-state index contributed by atoms with van der Waals surface area (Å²) in [5.41, 5.74) is 3.06. The highest BCUT2D eigenvalue weighted by atomic mass is 16.5. The molecule has 0 saturated heterocycles. The summed E-state index contributed by atoms with van der Waals surface area (Å²) in [6.45, 7) is 3.71. The number of fused-ring (bicyclic) bond motifs is 1. The van der Waals surface area contributed by atoms with Crippen molar-refractivity contribution in [2.24, 2.45) is 0 Å². The first-order valence-corrected chi connectivity index (χ1v) is 7.91. The van der Waals surface area contributed by atoms with Crippen LogP contribution in [0.2, 0.25) is 0 Å². The molecule has 1 aliphatic heterocycles. The number of carbonyl (C=O) groups is 1. The number of rotatable bonds is 4. The summed E-state index contributed by atoms with van der Waals surface area (Å²) in [5.74, 6) is -1.06. The van der Waals surface area contributed by atoms with Crippen molar-refractivity contribution >= 4 is 5.97 Å². The fourth-order valence-electron chi connectivity index (χ4n) is 2.93. The third-order valence-electron chi connectivity index (χ3n) is 4.08. The second-order valence-electron chi connectivity index (χ2n) is 6.48. The number of hydrogen-bond acceptors (Lipinski definition) is 5. The van der Waals surface area contributed by atoms with Gasteiger partial charge in [-0.05, 0) is 19.4 Å². The molecule has 3 rings (SSSR count). The Labute approximate surface area is 145 Å². The monoisotopic (exact) mass is 338 g/mol. The third-order valence-corrected chi connectivity index (χ3v) is 4.08. The third kappa shape index (κ3) is 3.47. The molecule has 0 saturated carbocycles. The zero-order valence-electron chi connectivity index (χ0n) is 14.1. The molecule has 0 spiro atoms. The van der Waals surface area contributed by atoms with Crippen molar-refractivity contribution in [1.82, 2.24) is 4.98 Å². The lowest BCUT2D eigenvalue weighted by Gasteiger charge is -2.33. The van der Waals surface area contributed by atoms with Crippen molar-refractivity contribution < 1.29 is 19.4 Å². The van der Waals surface area contributed by atoms with E-state index in [1.807, 2.05) is 44.2 Å². The van der Waals surface area contributed by atoms with E-state index in [-0.39, 0.29) is 11.4 Å². The van der Waals surface area contributed by atoms with Gasteiger partial charge in [-0.2, -0.15) is 5.26 Å². The lowest BCUT2D eigenvalue weighted by atomic mass is 9.87. The van der Waals surface area contributed by atoms with Gasteiger partial charge in [0.1, 0.15) is 11.6 Å². The summed E-state index contributed by atoms with van der Waals surface area (Å²) in [6.07, 6.45) is 0.525. The van der Waals surface area contributed by atoms with Gasteiger partial charge in [0.05, 0.1) is 17.9 Å². The maximum atomic E-state index is 10.9. The van der Waals surface area contributed by atoms with Crippen molar-refractivity contribution in [2.45, 2.75) is 32.5 Å². The van der Waals surface area contributed by atoms with Crippen LogP contribution in [0.1, 0.15) is 30.5 Å².